The smallest absolute Gasteiger partial charge is 0.239 e. The Kier molecular flexibility index (Phi) is 8.02. The van der Waals surface area contributed by atoms with Crippen molar-refractivity contribution in [2.45, 2.75) is 18.1 Å². The average molecular weight is 373 g/mol. The van der Waals surface area contributed by atoms with E-state index in [1.54, 1.807) is 7.11 Å². The summed E-state index contributed by atoms with van der Waals surface area (Å²) in [6.07, 6.45) is 3.63. The van der Waals surface area contributed by atoms with Gasteiger partial charge in [-0.3, -0.25) is 14.9 Å². The lowest BCUT2D eigenvalue weighted by Gasteiger charge is -2.13. The molecule has 2 aromatic rings. The number of ether oxygens (including phenoxy) is 2. The van der Waals surface area contributed by atoms with Crippen molar-refractivity contribution in [3.8, 4) is 11.5 Å². The molecule has 2 amide bonds. The Hall–Kier alpha value is -2.47. The van der Waals surface area contributed by atoms with Crippen LogP contribution in [-0.4, -0.2) is 37.5 Å². The number of methoxy groups -OCH3 is 1. The van der Waals surface area contributed by atoms with Crippen molar-refractivity contribution in [3.63, 3.8) is 0 Å². The van der Waals surface area contributed by atoms with E-state index in [1.807, 2.05) is 54.8 Å². The highest BCUT2D eigenvalue weighted by molar-refractivity contribution is 7.99. The quantitative estimate of drug-likeness (QED) is 0.649. The van der Waals surface area contributed by atoms with E-state index in [-0.39, 0.29) is 11.2 Å². The zero-order chi connectivity index (χ0) is 18.8. The van der Waals surface area contributed by atoms with Gasteiger partial charge in [0.15, 0.2) is 0 Å². The Morgan fingerprint density at radius 2 is 1.92 bits per heavy atom. The molecule has 2 aromatic carbocycles. The van der Waals surface area contributed by atoms with Gasteiger partial charge in [0.05, 0.1) is 19.0 Å². The molecule has 1 N–H and O–H groups in total. The molecule has 6 heteroatoms. The predicted octanol–water partition coefficient (Wildman–Crippen LogP) is 2.86. The van der Waals surface area contributed by atoms with Crippen molar-refractivity contribution >= 4 is 24.1 Å². The summed E-state index contributed by atoms with van der Waals surface area (Å²) in [6.45, 7) is 0.571. The fourth-order valence-corrected chi connectivity index (χ4v) is 3.13. The van der Waals surface area contributed by atoms with Crippen LogP contribution < -0.4 is 14.8 Å². The molecule has 0 saturated heterocycles. The van der Waals surface area contributed by atoms with Gasteiger partial charge in [-0.25, -0.2) is 0 Å². The molecule has 0 bridgehead atoms. The number of carbonyl (C=O) groups is 2. The molecule has 0 aliphatic rings. The van der Waals surface area contributed by atoms with Crippen LogP contribution in [0.2, 0.25) is 0 Å². The zero-order valence-corrected chi connectivity index (χ0v) is 15.8. The minimum Gasteiger partial charge on any atom is -0.497 e. The Labute approximate surface area is 158 Å². The molecule has 0 radical (unpaired) electrons. The van der Waals surface area contributed by atoms with E-state index in [1.165, 1.54) is 11.8 Å². The first-order valence-corrected chi connectivity index (χ1v) is 9.56. The number of carbonyl (C=O) groups excluding carboxylic acids is 2. The first kappa shape index (κ1) is 19.8. The number of imide groups is 1. The summed E-state index contributed by atoms with van der Waals surface area (Å²) in [4.78, 5) is 22.2. The lowest BCUT2D eigenvalue weighted by Crippen LogP contribution is -2.32. The van der Waals surface area contributed by atoms with E-state index in [2.05, 4.69) is 5.32 Å². The summed E-state index contributed by atoms with van der Waals surface area (Å²) >= 11 is 1.42. The highest BCUT2D eigenvalue weighted by Crippen LogP contribution is 2.18. The Morgan fingerprint density at radius 3 is 2.58 bits per heavy atom. The van der Waals surface area contributed by atoms with Gasteiger partial charge in [-0.2, -0.15) is 11.8 Å². The summed E-state index contributed by atoms with van der Waals surface area (Å²) in [5.41, 5.74) is 2.18. The van der Waals surface area contributed by atoms with E-state index in [9.17, 15) is 9.59 Å². The maximum atomic E-state index is 11.8. The molecule has 0 heterocycles. The molecule has 1 unspecified atom stereocenters. The summed E-state index contributed by atoms with van der Waals surface area (Å²) < 4.78 is 11.0. The monoisotopic (exact) mass is 373 g/mol. The van der Waals surface area contributed by atoms with Crippen LogP contribution in [0.3, 0.4) is 0 Å². The fraction of sp³-hybridized carbons (Fsp3) is 0.300. The third kappa shape index (κ3) is 6.11. The van der Waals surface area contributed by atoms with E-state index < -0.39 is 0 Å². The number of hydrogen-bond donors (Lipinski definition) is 1. The van der Waals surface area contributed by atoms with E-state index in [0.717, 1.165) is 29.0 Å². The number of amides is 2. The molecule has 138 valence electrons. The summed E-state index contributed by atoms with van der Waals surface area (Å²) in [6, 6.07) is 15.6. The molecule has 2 rings (SSSR count). The number of thioether (sulfide) groups is 1. The van der Waals surface area contributed by atoms with Gasteiger partial charge in [-0.05, 0) is 48.1 Å². The van der Waals surface area contributed by atoms with Crippen molar-refractivity contribution in [2.24, 2.45) is 0 Å². The van der Waals surface area contributed by atoms with Crippen molar-refractivity contribution in [3.05, 3.63) is 59.7 Å². The topological polar surface area (TPSA) is 64.6 Å². The fourth-order valence-electron chi connectivity index (χ4n) is 2.48. The Morgan fingerprint density at radius 1 is 1.15 bits per heavy atom. The van der Waals surface area contributed by atoms with Crippen LogP contribution >= 0.6 is 11.8 Å². The van der Waals surface area contributed by atoms with Crippen LogP contribution in [0, 0.1) is 0 Å². The molecule has 0 aliphatic carbocycles. The molecule has 0 fully saturated rings. The highest BCUT2D eigenvalue weighted by atomic mass is 32.2. The van der Waals surface area contributed by atoms with Crippen LogP contribution in [0.1, 0.15) is 11.1 Å². The molecule has 26 heavy (non-hydrogen) atoms. The summed E-state index contributed by atoms with van der Waals surface area (Å²) in [7, 11) is 1.65. The minimum absolute atomic E-state index is 0.272. The SMILES string of the molecule is COc1cccc(CCOc2ccc(CC(SC)C(=O)NC=O)cc2)c1. The molecule has 1 atom stereocenters. The van der Waals surface area contributed by atoms with Gasteiger partial charge < -0.3 is 9.47 Å². The second kappa shape index (κ2) is 10.5. The van der Waals surface area contributed by atoms with Crippen molar-refractivity contribution < 1.29 is 19.1 Å². The maximum absolute atomic E-state index is 11.8. The van der Waals surface area contributed by atoms with Gasteiger partial charge in [-0.1, -0.05) is 24.3 Å². The van der Waals surface area contributed by atoms with Gasteiger partial charge in [0.2, 0.25) is 12.3 Å². The lowest BCUT2D eigenvalue weighted by atomic mass is 10.1. The number of rotatable bonds is 10. The predicted molar refractivity (Wildman–Crippen MR) is 104 cm³/mol. The Bertz CT molecular complexity index is 718. The largest absolute Gasteiger partial charge is 0.497 e. The average Bonchev–Trinajstić information content (AvgIpc) is 2.67. The van der Waals surface area contributed by atoms with Crippen LogP contribution in [0.25, 0.3) is 0 Å². The second-order valence-electron chi connectivity index (χ2n) is 5.65. The van der Waals surface area contributed by atoms with Gasteiger partial charge >= 0.3 is 0 Å². The number of hydrogen-bond acceptors (Lipinski definition) is 5. The zero-order valence-electron chi connectivity index (χ0n) is 14.9. The minimum atomic E-state index is -0.292. The van der Waals surface area contributed by atoms with Crippen LogP contribution in [0.5, 0.6) is 11.5 Å². The first-order valence-electron chi connectivity index (χ1n) is 8.27. The van der Waals surface area contributed by atoms with Crippen LogP contribution in [-0.2, 0) is 22.4 Å². The van der Waals surface area contributed by atoms with Gasteiger partial charge in [0.1, 0.15) is 11.5 Å². The third-order valence-corrected chi connectivity index (χ3v) is 4.87. The third-order valence-electron chi connectivity index (χ3n) is 3.92. The van der Waals surface area contributed by atoms with Crippen LogP contribution in [0.4, 0.5) is 0 Å². The lowest BCUT2D eigenvalue weighted by molar-refractivity contribution is -0.124. The van der Waals surface area contributed by atoms with Gasteiger partial charge in [-0.15, -0.1) is 0 Å². The van der Waals surface area contributed by atoms with Crippen molar-refractivity contribution in [1.29, 1.82) is 0 Å². The van der Waals surface area contributed by atoms with Crippen LogP contribution in [0.15, 0.2) is 48.5 Å². The van der Waals surface area contributed by atoms with Crippen molar-refractivity contribution in [1.82, 2.24) is 5.32 Å². The van der Waals surface area contributed by atoms with Crippen molar-refractivity contribution in [2.75, 3.05) is 20.0 Å². The highest BCUT2D eigenvalue weighted by Gasteiger charge is 2.17. The standard InChI is InChI=1S/C20H23NO4S/c1-24-18-5-3-4-15(12-18)10-11-25-17-8-6-16(7-9-17)13-19(26-2)20(23)21-14-22/h3-9,12,14,19H,10-11,13H2,1-2H3,(H,21,22,23). The first-order chi connectivity index (χ1) is 12.7. The van der Waals surface area contributed by atoms with Gasteiger partial charge in [0, 0.05) is 6.42 Å². The van der Waals surface area contributed by atoms with Gasteiger partial charge in [0.25, 0.3) is 0 Å². The Balaban J connectivity index is 1.84. The molecule has 0 aliphatic heterocycles. The molecular weight excluding hydrogens is 350 g/mol. The van der Waals surface area contributed by atoms with E-state index >= 15 is 0 Å². The molecule has 0 saturated carbocycles. The van der Waals surface area contributed by atoms with E-state index in [4.69, 9.17) is 9.47 Å². The maximum Gasteiger partial charge on any atom is 0.239 e. The second-order valence-corrected chi connectivity index (χ2v) is 6.69. The number of nitrogens with one attached hydrogen (secondary N) is 1. The molecule has 0 aromatic heterocycles. The van der Waals surface area contributed by atoms with E-state index in [0.29, 0.717) is 19.4 Å². The molecular formula is C20H23NO4S. The normalized spacial score (nSPS) is 11.5. The molecule has 0 spiro atoms. The summed E-state index contributed by atoms with van der Waals surface area (Å²) in [5.74, 6) is 1.36. The number of benzene rings is 2. The molecule has 5 nitrogen and oxygen atoms in total. The summed E-state index contributed by atoms with van der Waals surface area (Å²) in [5, 5.41) is 1.91.